The Kier molecular flexibility index (Phi) is 3.38. The zero-order valence-corrected chi connectivity index (χ0v) is 10.6. The molecule has 1 aliphatic heterocycles. The number of phenolic OH excluding ortho intramolecular Hbond substituents is 1. The highest BCUT2D eigenvalue weighted by Crippen LogP contribution is 2.28. The van der Waals surface area contributed by atoms with Crippen LogP contribution >= 0.6 is 0 Å². The summed E-state index contributed by atoms with van der Waals surface area (Å²) in [6.45, 7) is 1.32. The third kappa shape index (κ3) is 3.26. The Hall–Kier alpha value is -2.00. The van der Waals surface area contributed by atoms with Gasteiger partial charge in [0.2, 0.25) is 0 Å². The highest BCUT2D eigenvalue weighted by molar-refractivity contribution is 5.40. The zero-order valence-electron chi connectivity index (χ0n) is 10.6. The van der Waals surface area contributed by atoms with E-state index in [9.17, 15) is 5.11 Å². The van der Waals surface area contributed by atoms with Gasteiger partial charge in [-0.15, -0.1) is 0 Å². The molecule has 1 heterocycles. The third-order valence-electron chi connectivity index (χ3n) is 3.14. The quantitative estimate of drug-likeness (QED) is 0.836. The van der Waals surface area contributed by atoms with E-state index in [0.29, 0.717) is 12.7 Å². The van der Waals surface area contributed by atoms with E-state index in [1.807, 2.05) is 36.4 Å². The molecule has 2 aromatic rings. The molecule has 0 bridgehead atoms. The Bertz CT molecular complexity index is 547. The summed E-state index contributed by atoms with van der Waals surface area (Å²) in [6.07, 6.45) is 1.15. The maximum atomic E-state index is 9.57. The molecule has 0 spiro atoms. The lowest BCUT2D eigenvalue weighted by Gasteiger charge is -2.11. The summed E-state index contributed by atoms with van der Waals surface area (Å²) in [4.78, 5) is 0. The van der Waals surface area contributed by atoms with Crippen LogP contribution in [0.1, 0.15) is 11.1 Å². The van der Waals surface area contributed by atoms with E-state index in [1.165, 1.54) is 0 Å². The Labute approximate surface area is 112 Å². The monoisotopic (exact) mass is 256 g/mol. The van der Waals surface area contributed by atoms with Crippen LogP contribution in [0.25, 0.3) is 0 Å². The van der Waals surface area contributed by atoms with Crippen molar-refractivity contribution in [2.45, 2.75) is 19.1 Å². The highest BCUT2D eigenvalue weighted by Gasteiger charge is 2.24. The molecule has 19 heavy (non-hydrogen) atoms. The second-order valence-electron chi connectivity index (χ2n) is 4.73. The fraction of sp³-hybridized carbons (Fsp3) is 0.250. The fourth-order valence-electron chi connectivity index (χ4n) is 2.01. The van der Waals surface area contributed by atoms with E-state index in [0.717, 1.165) is 29.9 Å². The van der Waals surface area contributed by atoms with Crippen molar-refractivity contribution in [3.05, 3.63) is 59.7 Å². The summed E-state index contributed by atoms with van der Waals surface area (Å²) in [5, 5.41) is 9.57. The number of benzene rings is 2. The van der Waals surface area contributed by atoms with Crippen LogP contribution in [-0.2, 0) is 17.8 Å². The number of phenols is 1. The van der Waals surface area contributed by atoms with Crippen molar-refractivity contribution in [1.82, 2.24) is 0 Å². The van der Waals surface area contributed by atoms with Gasteiger partial charge >= 0.3 is 0 Å². The summed E-state index contributed by atoms with van der Waals surface area (Å²) >= 11 is 0. The molecule has 1 saturated heterocycles. The average molecular weight is 256 g/mol. The minimum Gasteiger partial charge on any atom is -0.508 e. The van der Waals surface area contributed by atoms with E-state index in [4.69, 9.17) is 9.47 Å². The molecule has 3 nitrogen and oxygen atoms in total. The Balaban J connectivity index is 1.73. The van der Waals surface area contributed by atoms with Gasteiger partial charge in [0.15, 0.2) is 0 Å². The summed E-state index contributed by atoms with van der Waals surface area (Å²) in [5.74, 6) is 0.961. The maximum absolute atomic E-state index is 9.57. The molecule has 0 amide bonds. The molecule has 1 aliphatic rings. The van der Waals surface area contributed by atoms with Crippen molar-refractivity contribution in [3.63, 3.8) is 0 Å². The number of aromatic hydroxyl groups is 1. The molecule has 0 saturated carbocycles. The number of hydrogen-bond acceptors (Lipinski definition) is 3. The van der Waals surface area contributed by atoms with Crippen LogP contribution in [-0.4, -0.2) is 17.8 Å². The van der Waals surface area contributed by atoms with Gasteiger partial charge in [-0.3, -0.25) is 0 Å². The summed E-state index contributed by atoms with van der Waals surface area (Å²) < 4.78 is 11.1. The van der Waals surface area contributed by atoms with Gasteiger partial charge in [-0.2, -0.15) is 0 Å². The zero-order chi connectivity index (χ0) is 13.1. The van der Waals surface area contributed by atoms with Crippen molar-refractivity contribution in [2.24, 2.45) is 0 Å². The van der Waals surface area contributed by atoms with E-state index >= 15 is 0 Å². The highest BCUT2D eigenvalue weighted by atomic mass is 16.6. The van der Waals surface area contributed by atoms with Gasteiger partial charge in [-0.05, 0) is 17.2 Å². The van der Waals surface area contributed by atoms with Crippen molar-refractivity contribution < 1.29 is 14.6 Å². The first-order valence-electron chi connectivity index (χ1n) is 6.41. The van der Waals surface area contributed by atoms with Gasteiger partial charge in [-0.1, -0.05) is 36.4 Å². The van der Waals surface area contributed by atoms with Gasteiger partial charge in [0.05, 0.1) is 12.7 Å². The van der Waals surface area contributed by atoms with Crippen molar-refractivity contribution in [1.29, 1.82) is 0 Å². The maximum Gasteiger partial charge on any atom is 0.126 e. The van der Waals surface area contributed by atoms with Crippen molar-refractivity contribution in [2.75, 3.05) is 6.61 Å². The Morgan fingerprint density at radius 3 is 2.68 bits per heavy atom. The second kappa shape index (κ2) is 5.33. The fourth-order valence-corrected chi connectivity index (χ4v) is 2.01. The molecule has 2 aromatic carbocycles. The standard InChI is InChI=1S/C16H16O3/c17-14-7-6-13(8-15-11-18-15)16(9-14)19-10-12-4-2-1-3-5-12/h1-7,9,15,17H,8,10-11H2. The molecular weight excluding hydrogens is 240 g/mol. The molecule has 0 aliphatic carbocycles. The molecule has 1 N–H and O–H groups in total. The SMILES string of the molecule is Oc1ccc(CC2CO2)c(OCc2ccccc2)c1. The predicted molar refractivity (Wildman–Crippen MR) is 72.3 cm³/mol. The topological polar surface area (TPSA) is 42.0 Å². The molecule has 3 heteroatoms. The van der Waals surface area contributed by atoms with E-state index in [1.54, 1.807) is 12.1 Å². The molecule has 0 aromatic heterocycles. The molecule has 0 radical (unpaired) electrons. The van der Waals surface area contributed by atoms with Gasteiger partial charge < -0.3 is 14.6 Å². The van der Waals surface area contributed by atoms with E-state index in [2.05, 4.69) is 0 Å². The van der Waals surface area contributed by atoms with Crippen LogP contribution in [0.5, 0.6) is 11.5 Å². The lowest BCUT2D eigenvalue weighted by atomic mass is 10.1. The Morgan fingerprint density at radius 2 is 1.95 bits per heavy atom. The number of epoxide rings is 1. The van der Waals surface area contributed by atoms with Crippen molar-refractivity contribution >= 4 is 0 Å². The smallest absolute Gasteiger partial charge is 0.126 e. The van der Waals surface area contributed by atoms with Crippen LogP contribution in [0.2, 0.25) is 0 Å². The molecule has 1 atom stereocenters. The average Bonchev–Trinajstić information content (AvgIpc) is 3.24. The summed E-state index contributed by atoms with van der Waals surface area (Å²) in [7, 11) is 0. The van der Waals surface area contributed by atoms with Crippen LogP contribution in [0.3, 0.4) is 0 Å². The first-order chi connectivity index (χ1) is 9.31. The molecule has 1 unspecified atom stereocenters. The molecular formula is C16H16O3. The molecule has 98 valence electrons. The van der Waals surface area contributed by atoms with Crippen LogP contribution in [0.15, 0.2) is 48.5 Å². The van der Waals surface area contributed by atoms with E-state index in [-0.39, 0.29) is 5.75 Å². The van der Waals surface area contributed by atoms with Gasteiger partial charge in [0.1, 0.15) is 18.1 Å². The third-order valence-corrected chi connectivity index (χ3v) is 3.14. The normalized spacial score (nSPS) is 17.2. The minimum atomic E-state index is 0.225. The molecule has 1 fully saturated rings. The van der Waals surface area contributed by atoms with Gasteiger partial charge in [-0.25, -0.2) is 0 Å². The lowest BCUT2D eigenvalue weighted by molar-refractivity contribution is 0.299. The lowest BCUT2D eigenvalue weighted by Crippen LogP contribution is -2.01. The van der Waals surface area contributed by atoms with Crippen molar-refractivity contribution in [3.8, 4) is 11.5 Å². The summed E-state index contributed by atoms with van der Waals surface area (Å²) in [6, 6.07) is 15.2. The van der Waals surface area contributed by atoms with Gasteiger partial charge in [0, 0.05) is 12.5 Å². The number of ether oxygens (including phenoxy) is 2. The molecule has 3 rings (SSSR count). The minimum absolute atomic E-state index is 0.225. The Morgan fingerprint density at radius 1 is 1.16 bits per heavy atom. The first kappa shape index (κ1) is 12.1. The largest absolute Gasteiger partial charge is 0.508 e. The second-order valence-corrected chi connectivity index (χ2v) is 4.73. The predicted octanol–water partition coefficient (Wildman–Crippen LogP) is 2.91. The van der Waals surface area contributed by atoms with Crippen LogP contribution < -0.4 is 4.74 Å². The summed E-state index contributed by atoms with van der Waals surface area (Å²) in [5.41, 5.74) is 2.19. The first-order valence-corrected chi connectivity index (χ1v) is 6.41. The van der Waals surface area contributed by atoms with Gasteiger partial charge in [0.25, 0.3) is 0 Å². The van der Waals surface area contributed by atoms with E-state index < -0.39 is 0 Å². The number of rotatable bonds is 5. The van der Waals surface area contributed by atoms with Crippen LogP contribution in [0, 0.1) is 0 Å². The number of hydrogen-bond donors (Lipinski definition) is 1. The van der Waals surface area contributed by atoms with Crippen LogP contribution in [0.4, 0.5) is 0 Å².